The predicted molar refractivity (Wildman–Crippen MR) is 86.3 cm³/mol. The molecule has 4 N–H and O–H groups in total. The number of anilines is 1. The number of hydrogen-bond donors (Lipinski definition) is 3. The highest BCUT2D eigenvalue weighted by molar-refractivity contribution is 5.90. The molecule has 0 atom stereocenters. The Kier molecular flexibility index (Phi) is 4.36. The van der Waals surface area contributed by atoms with Crippen LogP contribution in [0.5, 0.6) is 23.0 Å². The maximum absolute atomic E-state index is 11.6. The van der Waals surface area contributed by atoms with Crippen LogP contribution in [0, 0.1) is 20.8 Å². The summed E-state index contributed by atoms with van der Waals surface area (Å²) in [6.45, 7) is 5.00. The van der Waals surface area contributed by atoms with Crippen molar-refractivity contribution >= 4 is 11.7 Å². The molecular formula is C17H19NO5. The van der Waals surface area contributed by atoms with Crippen LogP contribution in [0.1, 0.15) is 27.0 Å². The van der Waals surface area contributed by atoms with E-state index >= 15 is 0 Å². The smallest absolute Gasteiger partial charge is 0.337 e. The van der Waals surface area contributed by atoms with Gasteiger partial charge in [0.1, 0.15) is 5.75 Å². The summed E-state index contributed by atoms with van der Waals surface area (Å²) >= 11 is 0. The minimum Gasteiger partial charge on any atom is -0.507 e. The molecule has 0 amide bonds. The Balaban J connectivity index is 2.54. The van der Waals surface area contributed by atoms with E-state index in [1.807, 2.05) is 0 Å². The Bertz CT molecular complexity index is 754. The van der Waals surface area contributed by atoms with E-state index < -0.39 is 5.97 Å². The number of aromatic hydroxyl groups is 2. The molecule has 23 heavy (non-hydrogen) atoms. The lowest BCUT2D eigenvalue weighted by atomic mass is 10.0. The lowest BCUT2D eigenvalue weighted by molar-refractivity contribution is 0.0600. The zero-order valence-electron chi connectivity index (χ0n) is 13.4. The van der Waals surface area contributed by atoms with E-state index in [1.165, 1.54) is 25.3 Å². The van der Waals surface area contributed by atoms with Crippen molar-refractivity contribution in [3.05, 3.63) is 40.5 Å². The molecule has 2 aromatic carbocycles. The first-order valence-corrected chi connectivity index (χ1v) is 6.95. The SMILES string of the molecule is COC(=O)c1ccc(N)c(Oc2c(C)c(O)c(C)c(C)c2O)c1. The van der Waals surface area contributed by atoms with Gasteiger partial charge in [-0.15, -0.1) is 0 Å². The van der Waals surface area contributed by atoms with Gasteiger partial charge in [0.05, 0.1) is 18.4 Å². The van der Waals surface area contributed by atoms with Gasteiger partial charge in [-0.1, -0.05) is 0 Å². The van der Waals surface area contributed by atoms with E-state index in [4.69, 9.17) is 10.5 Å². The highest BCUT2D eigenvalue weighted by Crippen LogP contribution is 2.44. The van der Waals surface area contributed by atoms with Gasteiger partial charge in [0, 0.05) is 11.1 Å². The molecule has 6 heteroatoms. The van der Waals surface area contributed by atoms with Crippen molar-refractivity contribution in [2.75, 3.05) is 12.8 Å². The number of carbonyl (C=O) groups excluding carboxylic acids is 1. The third kappa shape index (κ3) is 2.88. The predicted octanol–water partition coefficient (Wildman–Crippen LogP) is 3.18. The van der Waals surface area contributed by atoms with Crippen molar-refractivity contribution in [2.45, 2.75) is 20.8 Å². The highest BCUT2D eigenvalue weighted by atomic mass is 16.5. The topological polar surface area (TPSA) is 102 Å². The van der Waals surface area contributed by atoms with E-state index in [-0.39, 0.29) is 34.2 Å². The number of hydrogen-bond acceptors (Lipinski definition) is 6. The van der Waals surface area contributed by atoms with Crippen molar-refractivity contribution in [1.82, 2.24) is 0 Å². The van der Waals surface area contributed by atoms with Crippen LogP contribution in [-0.4, -0.2) is 23.3 Å². The second-order valence-electron chi connectivity index (χ2n) is 5.25. The average molecular weight is 317 g/mol. The molecule has 0 aliphatic rings. The number of methoxy groups -OCH3 is 1. The molecule has 0 unspecified atom stereocenters. The van der Waals surface area contributed by atoms with Gasteiger partial charge in [0.25, 0.3) is 0 Å². The molecule has 0 aliphatic heterocycles. The number of benzene rings is 2. The first kappa shape index (κ1) is 16.5. The minimum absolute atomic E-state index is 0.0398. The quantitative estimate of drug-likeness (QED) is 0.456. The number of ether oxygens (including phenoxy) is 2. The van der Waals surface area contributed by atoms with Crippen LogP contribution in [0.4, 0.5) is 5.69 Å². The van der Waals surface area contributed by atoms with Crippen molar-refractivity contribution < 1.29 is 24.5 Å². The fourth-order valence-corrected chi connectivity index (χ4v) is 2.19. The molecule has 2 rings (SSSR count). The number of phenols is 2. The number of nitrogen functional groups attached to an aromatic ring is 1. The van der Waals surface area contributed by atoms with Gasteiger partial charge in [0.2, 0.25) is 0 Å². The number of nitrogens with two attached hydrogens (primary N) is 1. The molecule has 0 aliphatic carbocycles. The van der Waals surface area contributed by atoms with Crippen molar-refractivity contribution in [3.8, 4) is 23.0 Å². The first-order valence-electron chi connectivity index (χ1n) is 6.95. The summed E-state index contributed by atoms with van der Waals surface area (Å²) in [6, 6.07) is 4.44. The zero-order chi connectivity index (χ0) is 17.3. The first-order chi connectivity index (χ1) is 10.8. The maximum atomic E-state index is 11.6. The van der Waals surface area contributed by atoms with Crippen LogP contribution in [0.25, 0.3) is 0 Å². The van der Waals surface area contributed by atoms with E-state index in [9.17, 15) is 15.0 Å². The summed E-state index contributed by atoms with van der Waals surface area (Å²) in [6.07, 6.45) is 0. The molecule has 2 aromatic rings. The number of esters is 1. The molecule has 0 spiro atoms. The van der Waals surface area contributed by atoms with Gasteiger partial charge in [-0.2, -0.15) is 0 Å². The highest BCUT2D eigenvalue weighted by Gasteiger charge is 2.20. The number of phenolic OH excluding ortho intramolecular Hbond substituents is 2. The Hall–Kier alpha value is -2.89. The van der Waals surface area contributed by atoms with E-state index in [0.29, 0.717) is 16.7 Å². The lowest BCUT2D eigenvalue weighted by Gasteiger charge is -2.17. The molecule has 0 aromatic heterocycles. The zero-order valence-corrected chi connectivity index (χ0v) is 13.4. The number of rotatable bonds is 3. The Morgan fingerprint density at radius 3 is 2.26 bits per heavy atom. The van der Waals surface area contributed by atoms with E-state index in [1.54, 1.807) is 20.8 Å². The van der Waals surface area contributed by atoms with Gasteiger partial charge in [-0.3, -0.25) is 0 Å². The molecule has 0 fully saturated rings. The largest absolute Gasteiger partial charge is 0.507 e. The summed E-state index contributed by atoms with van der Waals surface area (Å²) in [5.41, 5.74) is 7.88. The van der Waals surface area contributed by atoms with Crippen LogP contribution in [0.15, 0.2) is 18.2 Å². The standard InChI is InChI=1S/C17H19NO5/c1-8-9(2)15(20)16(10(3)14(8)19)23-13-7-11(17(21)22-4)5-6-12(13)18/h5-7,19-20H,18H2,1-4H3. The van der Waals surface area contributed by atoms with Crippen molar-refractivity contribution in [2.24, 2.45) is 0 Å². The van der Waals surface area contributed by atoms with Gasteiger partial charge in [-0.25, -0.2) is 4.79 Å². The summed E-state index contributed by atoms with van der Waals surface area (Å²) in [5.74, 6) is -0.286. The van der Waals surface area contributed by atoms with Crippen molar-refractivity contribution in [1.29, 1.82) is 0 Å². The molecule has 0 saturated carbocycles. The number of carbonyl (C=O) groups is 1. The monoisotopic (exact) mass is 317 g/mol. The van der Waals surface area contributed by atoms with Gasteiger partial charge >= 0.3 is 5.97 Å². The molecule has 6 nitrogen and oxygen atoms in total. The van der Waals surface area contributed by atoms with E-state index in [0.717, 1.165) is 0 Å². The van der Waals surface area contributed by atoms with Gasteiger partial charge < -0.3 is 25.4 Å². The fraction of sp³-hybridized carbons (Fsp3) is 0.235. The molecule has 0 bridgehead atoms. The Labute approximate surface area is 134 Å². The fourth-order valence-electron chi connectivity index (χ4n) is 2.19. The normalized spacial score (nSPS) is 10.4. The minimum atomic E-state index is -0.529. The third-order valence-electron chi connectivity index (χ3n) is 3.83. The van der Waals surface area contributed by atoms with Crippen LogP contribution in [-0.2, 0) is 4.74 Å². The van der Waals surface area contributed by atoms with Crippen molar-refractivity contribution in [3.63, 3.8) is 0 Å². The second-order valence-corrected chi connectivity index (χ2v) is 5.25. The van der Waals surface area contributed by atoms with Crippen LogP contribution in [0.2, 0.25) is 0 Å². The van der Waals surface area contributed by atoms with Crippen LogP contribution >= 0.6 is 0 Å². The lowest BCUT2D eigenvalue weighted by Crippen LogP contribution is -2.03. The second kappa shape index (κ2) is 6.08. The summed E-state index contributed by atoms with van der Waals surface area (Å²) in [5, 5.41) is 20.4. The van der Waals surface area contributed by atoms with Crippen LogP contribution in [0.3, 0.4) is 0 Å². The van der Waals surface area contributed by atoms with Gasteiger partial charge in [0.15, 0.2) is 17.2 Å². The molecule has 0 saturated heterocycles. The molecule has 122 valence electrons. The Morgan fingerprint density at radius 1 is 1.04 bits per heavy atom. The van der Waals surface area contributed by atoms with E-state index in [2.05, 4.69) is 4.74 Å². The van der Waals surface area contributed by atoms with Crippen LogP contribution < -0.4 is 10.5 Å². The molecule has 0 radical (unpaired) electrons. The summed E-state index contributed by atoms with van der Waals surface area (Å²) < 4.78 is 10.3. The summed E-state index contributed by atoms with van der Waals surface area (Å²) in [7, 11) is 1.27. The van der Waals surface area contributed by atoms with Gasteiger partial charge in [-0.05, 0) is 44.5 Å². The Morgan fingerprint density at radius 2 is 1.65 bits per heavy atom. The molecular weight excluding hydrogens is 298 g/mol. The third-order valence-corrected chi connectivity index (χ3v) is 3.83. The molecule has 0 heterocycles. The maximum Gasteiger partial charge on any atom is 0.337 e. The average Bonchev–Trinajstić information content (AvgIpc) is 2.55. The summed E-state index contributed by atoms with van der Waals surface area (Å²) in [4.78, 5) is 11.6.